The lowest BCUT2D eigenvalue weighted by molar-refractivity contribution is 0.241. The van der Waals surface area contributed by atoms with Crippen LogP contribution in [0, 0.1) is 0 Å². The van der Waals surface area contributed by atoms with Crippen LogP contribution in [-0.4, -0.2) is 51.2 Å². The molecule has 1 aliphatic rings. The first-order valence-corrected chi connectivity index (χ1v) is 6.83. The summed E-state index contributed by atoms with van der Waals surface area (Å²) in [6.45, 7) is 4.42. The number of hydrogen-bond donors (Lipinski definition) is 1. The Kier molecular flexibility index (Phi) is 4.42. The zero-order valence-electron chi connectivity index (χ0n) is 10.5. The van der Waals surface area contributed by atoms with Crippen molar-refractivity contribution in [3.8, 4) is 0 Å². The van der Waals surface area contributed by atoms with Gasteiger partial charge in [-0.3, -0.25) is 0 Å². The van der Waals surface area contributed by atoms with Crippen LogP contribution in [0.3, 0.4) is 0 Å². The van der Waals surface area contributed by atoms with E-state index in [0.29, 0.717) is 6.04 Å². The van der Waals surface area contributed by atoms with Crippen molar-refractivity contribution in [2.75, 3.05) is 45.2 Å². The number of halogens is 1. The Hall–Kier alpha value is -0.580. The first-order chi connectivity index (χ1) is 8.15. The second-order valence-corrected chi connectivity index (χ2v) is 5.69. The number of nitrogens with one attached hydrogen (secondary N) is 1. The van der Waals surface area contributed by atoms with Crippen LogP contribution in [0.2, 0.25) is 0 Å². The largest absolute Gasteiger partial charge is 0.373 e. The lowest BCUT2D eigenvalue weighted by Crippen LogP contribution is -2.53. The third kappa shape index (κ3) is 3.69. The zero-order chi connectivity index (χ0) is 12.3. The van der Waals surface area contributed by atoms with Crippen molar-refractivity contribution in [2.45, 2.75) is 6.04 Å². The first kappa shape index (κ1) is 12.9. The highest BCUT2D eigenvalue weighted by molar-refractivity contribution is 9.10. The van der Waals surface area contributed by atoms with Crippen LogP contribution in [0.5, 0.6) is 0 Å². The summed E-state index contributed by atoms with van der Waals surface area (Å²) in [6.07, 6.45) is 0. The molecule has 0 amide bonds. The lowest BCUT2D eigenvalue weighted by Gasteiger charge is -2.34. The normalized spacial score (nSPS) is 21.5. The predicted molar refractivity (Wildman–Crippen MR) is 76.7 cm³/mol. The molecule has 2 rings (SSSR count). The summed E-state index contributed by atoms with van der Waals surface area (Å²) < 4.78 is 1.13. The summed E-state index contributed by atoms with van der Waals surface area (Å²) in [7, 11) is 4.34. The van der Waals surface area contributed by atoms with Gasteiger partial charge in [-0.05, 0) is 31.3 Å². The van der Waals surface area contributed by atoms with Gasteiger partial charge in [-0.2, -0.15) is 0 Å². The second kappa shape index (κ2) is 5.85. The minimum Gasteiger partial charge on any atom is -0.373 e. The highest BCUT2D eigenvalue weighted by Crippen LogP contribution is 2.17. The van der Waals surface area contributed by atoms with Gasteiger partial charge >= 0.3 is 0 Å². The first-order valence-electron chi connectivity index (χ1n) is 6.04. The molecule has 0 radical (unpaired) electrons. The number of nitrogens with zero attached hydrogens (tertiary/aromatic N) is 2. The Bertz CT molecular complexity index is 352. The molecule has 0 bridgehead atoms. The van der Waals surface area contributed by atoms with Crippen LogP contribution in [0.15, 0.2) is 28.7 Å². The Morgan fingerprint density at radius 3 is 2.76 bits per heavy atom. The Balaban J connectivity index is 1.91. The van der Waals surface area contributed by atoms with Gasteiger partial charge in [0.1, 0.15) is 0 Å². The number of piperazine rings is 1. The molecule has 1 aromatic rings. The molecule has 1 saturated heterocycles. The van der Waals surface area contributed by atoms with Crippen molar-refractivity contribution in [2.24, 2.45) is 0 Å². The predicted octanol–water partition coefficient (Wildman–Crippen LogP) is 1.79. The van der Waals surface area contributed by atoms with Gasteiger partial charge in [0.15, 0.2) is 0 Å². The van der Waals surface area contributed by atoms with Crippen molar-refractivity contribution < 1.29 is 0 Å². The van der Waals surface area contributed by atoms with Gasteiger partial charge in [0, 0.05) is 49.4 Å². The average molecular weight is 298 g/mol. The average Bonchev–Trinajstić information content (AvgIpc) is 2.29. The fourth-order valence-corrected chi connectivity index (χ4v) is 2.51. The van der Waals surface area contributed by atoms with Gasteiger partial charge in [0.05, 0.1) is 0 Å². The van der Waals surface area contributed by atoms with Crippen LogP contribution in [0.25, 0.3) is 0 Å². The fourth-order valence-electron chi connectivity index (χ4n) is 2.25. The molecule has 3 nitrogen and oxygen atoms in total. The smallest absolute Gasteiger partial charge is 0.0371 e. The van der Waals surface area contributed by atoms with Crippen LogP contribution < -0.4 is 10.2 Å². The summed E-state index contributed by atoms with van der Waals surface area (Å²) in [6, 6.07) is 9.04. The maximum Gasteiger partial charge on any atom is 0.0371 e. The van der Waals surface area contributed by atoms with Gasteiger partial charge in [-0.1, -0.05) is 15.9 Å². The molecular formula is C13H20BrN3. The molecule has 17 heavy (non-hydrogen) atoms. The van der Waals surface area contributed by atoms with Crippen molar-refractivity contribution in [3.05, 3.63) is 28.7 Å². The number of anilines is 1. The van der Waals surface area contributed by atoms with Crippen molar-refractivity contribution in [1.29, 1.82) is 0 Å². The maximum atomic E-state index is 3.57. The van der Waals surface area contributed by atoms with Crippen LogP contribution >= 0.6 is 15.9 Å². The molecule has 0 aromatic heterocycles. The molecule has 1 fully saturated rings. The molecule has 94 valence electrons. The van der Waals surface area contributed by atoms with Gasteiger partial charge in [-0.15, -0.1) is 0 Å². The third-order valence-electron chi connectivity index (χ3n) is 3.22. The van der Waals surface area contributed by atoms with Gasteiger partial charge in [-0.25, -0.2) is 0 Å². The Labute approximate surface area is 112 Å². The van der Waals surface area contributed by atoms with E-state index in [4.69, 9.17) is 0 Å². The highest BCUT2D eigenvalue weighted by atomic mass is 79.9. The number of hydrogen-bond acceptors (Lipinski definition) is 3. The van der Waals surface area contributed by atoms with Crippen LogP contribution in [0.1, 0.15) is 0 Å². The van der Waals surface area contributed by atoms with Gasteiger partial charge in [0.25, 0.3) is 0 Å². The monoisotopic (exact) mass is 297 g/mol. The summed E-state index contributed by atoms with van der Waals surface area (Å²) in [5.74, 6) is 0. The van der Waals surface area contributed by atoms with E-state index >= 15 is 0 Å². The van der Waals surface area contributed by atoms with E-state index < -0.39 is 0 Å². The molecule has 0 saturated carbocycles. The minimum atomic E-state index is 0.558. The molecule has 4 heteroatoms. The van der Waals surface area contributed by atoms with E-state index in [9.17, 15) is 0 Å². The lowest BCUT2D eigenvalue weighted by atomic mass is 10.2. The molecule has 0 aliphatic carbocycles. The third-order valence-corrected chi connectivity index (χ3v) is 3.75. The molecule has 0 spiro atoms. The Morgan fingerprint density at radius 1 is 1.41 bits per heavy atom. The number of benzene rings is 1. The minimum absolute atomic E-state index is 0.558. The summed E-state index contributed by atoms with van der Waals surface area (Å²) in [5.41, 5.74) is 1.27. The molecule has 1 aromatic carbocycles. The molecule has 1 heterocycles. The molecule has 1 unspecified atom stereocenters. The van der Waals surface area contributed by atoms with E-state index in [1.807, 2.05) is 0 Å². The SMILES string of the molecule is CN1CCNC(CN(C)c2ccc(Br)cc2)C1. The van der Waals surface area contributed by atoms with Crippen molar-refractivity contribution >= 4 is 21.6 Å². The maximum absolute atomic E-state index is 3.57. The second-order valence-electron chi connectivity index (χ2n) is 4.77. The zero-order valence-corrected chi connectivity index (χ0v) is 12.1. The van der Waals surface area contributed by atoms with Crippen molar-refractivity contribution in [1.82, 2.24) is 10.2 Å². The number of likely N-dealkylation sites (N-methyl/N-ethyl adjacent to an activating group) is 2. The van der Waals surface area contributed by atoms with Crippen molar-refractivity contribution in [3.63, 3.8) is 0 Å². The fraction of sp³-hybridized carbons (Fsp3) is 0.538. The van der Waals surface area contributed by atoms with E-state index in [-0.39, 0.29) is 0 Å². The highest BCUT2D eigenvalue weighted by Gasteiger charge is 2.17. The van der Waals surface area contributed by atoms with Crippen LogP contribution in [0.4, 0.5) is 5.69 Å². The molecular weight excluding hydrogens is 278 g/mol. The van der Waals surface area contributed by atoms with Crippen LogP contribution in [-0.2, 0) is 0 Å². The summed E-state index contributed by atoms with van der Waals surface area (Å²) >= 11 is 3.46. The summed E-state index contributed by atoms with van der Waals surface area (Å²) in [5, 5.41) is 3.57. The number of rotatable bonds is 3. The Morgan fingerprint density at radius 2 is 2.12 bits per heavy atom. The van der Waals surface area contributed by atoms with E-state index in [2.05, 4.69) is 69.4 Å². The van der Waals surface area contributed by atoms with Gasteiger partial charge < -0.3 is 15.1 Å². The van der Waals surface area contributed by atoms with E-state index in [1.165, 1.54) is 5.69 Å². The topological polar surface area (TPSA) is 18.5 Å². The molecule has 1 N–H and O–H groups in total. The molecule has 1 aliphatic heterocycles. The summed E-state index contributed by atoms with van der Waals surface area (Å²) in [4.78, 5) is 4.69. The van der Waals surface area contributed by atoms with Gasteiger partial charge in [0.2, 0.25) is 0 Å². The van der Waals surface area contributed by atoms with E-state index in [1.54, 1.807) is 0 Å². The standard InChI is InChI=1S/C13H20BrN3/c1-16-8-7-15-12(9-16)10-17(2)13-5-3-11(14)4-6-13/h3-6,12,15H,7-10H2,1-2H3. The quantitative estimate of drug-likeness (QED) is 0.918. The van der Waals surface area contributed by atoms with E-state index in [0.717, 1.165) is 30.7 Å². The molecule has 1 atom stereocenters.